The zero-order valence-electron chi connectivity index (χ0n) is 14.1. The lowest BCUT2D eigenvalue weighted by Gasteiger charge is -2.12. The number of carbonyl (C=O) groups excluding carboxylic acids is 3. The summed E-state index contributed by atoms with van der Waals surface area (Å²) >= 11 is 13.2. The topological polar surface area (TPSA) is 79.4 Å². The Hall–Kier alpha value is -2.74. The smallest absolute Gasteiger partial charge is 0.262 e. The first-order chi connectivity index (χ1) is 13.4. The van der Waals surface area contributed by atoms with E-state index in [1.165, 1.54) is 11.3 Å². The molecule has 0 aliphatic carbocycles. The largest absolute Gasteiger partial charge is 0.300 e. The molecule has 2 heterocycles. The molecule has 1 aromatic heterocycles. The Labute approximate surface area is 173 Å². The molecule has 0 bridgehead atoms. The van der Waals surface area contributed by atoms with Crippen LogP contribution in [0.3, 0.4) is 0 Å². The Bertz CT molecular complexity index is 1090. The number of amides is 3. The molecule has 140 valence electrons. The molecule has 0 fully saturated rings. The summed E-state index contributed by atoms with van der Waals surface area (Å²) in [5.41, 5.74) is 1.99. The summed E-state index contributed by atoms with van der Waals surface area (Å²) in [6.45, 7) is -0.381. The van der Waals surface area contributed by atoms with Crippen LogP contribution in [-0.2, 0) is 4.79 Å². The molecule has 3 aromatic rings. The van der Waals surface area contributed by atoms with Crippen molar-refractivity contribution in [3.8, 4) is 11.3 Å². The van der Waals surface area contributed by atoms with Gasteiger partial charge >= 0.3 is 0 Å². The number of nitrogens with zero attached hydrogens (tertiary/aromatic N) is 2. The standard InChI is InChI=1S/C19H11Cl2N3O3S/c20-13-6-5-10(7-14(13)21)15-9-28-19(22-15)23-16(25)8-24-17(26)11-3-1-2-4-12(11)18(24)27/h1-7,9H,8H2,(H,22,23,25). The van der Waals surface area contributed by atoms with E-state index in [1.54, 1.807) is 47.8 Å². The van der Waals surface area contributed by atoms with Crippen LogP contribution in [-0.4, -0.2) is 34.2 Å². The molecular weight excluding hydrogens is 421 g/mol. The van der Waals surface area contributed by atoms with Gasteiger partial charge in [0.1, 0.15) is 6.54 Å². The van der Waals surface area contributed by atoms with E-state index in [9.17, 15) is 14.4 Å². The zero-order chi connectivity index (χ0) is 19.8. The van der Waals surface area contributed by atoms with Gasteiger partial charge < -0.3 is 5.32 Å². The van der Waals surface area contributed by atoms with Crippen LogP contribution in [0.4, 0.5) is 5.13 Å². The molecule has 0 unspecified atom stereocenters. The van der Waals surface area contributed by atoms with Gasteiger partial charge in [-0.3, -0.25) is 19.3 Å². The minimum Gasteiger partial charge on any atom is -0.300 e. The maximum absolute atomic E-state index is 12.3. The highest BCUT2D eigenvalue weighted by atomic mass is 35.5. The van der Waals surface area contributed by atoms with E-state index in [-0.39, 0.29) is 6.54 Å². The lowest BCUT2D eigenvalue weighted by atomic mass is 10.1. The number of fused-ring (bicyclic) bond motifs is 1. The molecule has 1 N–H and O–H groups in total. The second kappa shape index (κ2) is 7.35. The molecule has 2 aromatic carbocycles. The molecule has 0 spiro atoms. The number of aromatic nitrogens is 1. The van der Waals surface area contributed by atoms with Crippen LogP contribution in [0.1, 0.15) is 20.7 Å². The summed E-state index contributed by atoms with van der Waals surface area (Å²) in [6.07, 6.45) is 0. The zero-order valence-corrected chi connectivity index (χ0v) is 16.4. The fourth-order valence-electron chi connectivity index (χ4n) is 2.80. The fourth-order valence-corrected chi connectivity index (χ4v) is 3.84. The van der Waals surface area contributed by atoms with E-state index in [0.717, 1.165) is 10.5 Å². The quantitative estimate of drug-likeness (QED) is 0.622. The van der Waals surface area contributed by atoms with E-state index >= 15 is 0 Å². The highest BCUT2D eigenvalue weighted by molar-refractivity contribution is 7.14. The van der Waals surface area contributed by atoms with Crippen molar-refractivity contribution in [3.63, 3.8) is 0 Å². The molecule has 0 saturated heterocycles. The van der Waals surface area contributed by atoms with Crippen molar-refractivity contribution < 1.29 is 14.4 Å². The Morgan fingerprint density at radius 2 is 1.71 bits per heavy atom. The van der Waals surface area contributed by atoms with Gasteiger partial charge in [0, 0.05) is 10.9 Å². The highest BCUT2D eigenvalue weighted by Gasteiger charge is 2.36. The first-order valence-electron chi connectivity index (χ1n) is 8.10. The molecule has 28 heavy (non-hydrogen) atoms. The van der Waals surface area contributed by atoms with Gasteiger partial charge in [0.05, 0.1) is 26.9 Å². The number of benzene rings is 2. The third-order valence-corrected chi connectivity index (χ3v) is 5.64. The maximum Gasteiger partial charge on any atom is 0.262 e. The summed E-state index contributed by atoms with van der Waals surface area (Å²) in [5, 5.41) is 5.57. The molecule has 1 aliphatic rings. The van der Waals surface area contributed by atoms with E-state index in [4.69, 9.17) is 23.2 Å². The summed E-state index contributed by atoms with van der Waals surface area (Å²) in [4.78, 5) is 42.3. The number of hydrogen-bond acceptors (Lipinski definition) is 5. The Balaban J connectivity index is 1.45. The molecule has 6 nitrogen and oxygen atoms in total. The average molecular weight is 432 g/mol. The summed E-state index contributed by atoms with van der Waals surface area (Å²) in [7, 11) is 0. The predicted octanol–water partition coefficient (Wildman–Crippen LogP) is 4.35. The van der Waals surface area contributed by atoms with Gasteiger partial charge in [0.2, 0.25) is 5.91 Å². The van der Waals surface area contributed by atoms with E-state index < -0.39 is 17.7 Å². The van der Waals surface area contributed by atoms with Crippen molar-refractivity contribution in [2.45, 2.75) is 0 Å². The van der Waals surface area contributed by atoms with Gasteiger partial charge in [0.25, 0.3) is 11.8 Å². The Morgan fingerprint density at radius 3 is 2.36 bits per heavy atom. The minimum atomic E-state index is -0.510. The van der Waals surface area contributed by atoms with Crippen molar-refractivity contribution in [1.82, 2.24) is 9.88 Å². The van der Waals surface area contributed by atoms with Gasteiger partial charge in [-0.05, 0) is 24.3 Å². The molecule has 9 heteroatoms. The number of imide groups is 1. The van der Waals surface area contributed by atoms with Crippen molar-refractivity contribution in [1.29, 1.82) is 0 Å². The van der Waals surface area contributed by atoms with Gasteiger partial charge in [0.15, 0.2) is 5.13 Å². The van der Waals surface area contributed by atoms with Crippen LogP contribution in [0.5, 0.6) is 0 Å². The minimum absolute atomic E-state index is 0.302. The first kappa shape index (κ1) is 18.6. The predicted molar refractivity (Wildman–Crippen MR) is 108 cm³/mol. The van der Waals surface area contributed by atoms with Gasteiger partial charge in [-0.2, -0.15) is 0 Å². The van der Waals surface area contributed by atoms with Gasteiger partial charge in [-0.1, -0.05) is 41.4 Å². The molecule has 3 amide bonds. The van der Waals surface area contributed by atoms with Crippen molar-refractivity contribution in [2.24, 2.45) is 0 Å². The van der Waals surface area contributed by atoms with E-state index in [1.807, 2.05) is 0 Å². The van der Waals surface area contributed by atoms with Crippen molar-refractivity contribution >= 4 is 57.4 Å². The van der Waals surface area contributed by atoms with Crippen LogP contribution >= 0.6 is 34.5 Å². The Morgan fingerprint density at radius 1 is 1.04 bits per heavy atom. The van der Waals surface area contributed by atoms with Crippen LogP contribution in [0, 0.1) is 0 Å². The number of hydrogen-bond donors (Lipinski definition) is 1. The molecule has 0 atom stereocenters. The number of halogens is 2. The number of thiazole rings is 1. The highest BCUT2D eigenvalue weighted by Crippen LogP contribution is 2.30. The van der Waals surface area contributed by atoms with Crippen LogP contribution in [0.2, 0.25) is 10.0 Å². The monoisotopic (exact) mass is 431 g/mol. The molecule has 0 radical (unpaired) electrons. The van der Waals surface area contributed by atoms with Crippen LogP contribution in [0.25, 0.3) is 11.3 Å². The molecule has 1 aliphatic heterocycles. The number of anilines is 1. The second-order valence-corrected chi connectivity index (χ2v) is 7.63. The molecule has 0 saturated carbocycles. The average Bonchev–Trinajstić information content (AvgIpc) is 3.23. The van der Waals surface area contributed by atoms with E-state index in [2.05, 4.69) is 10.3 Å². The lowest BCUT2D eigenvalue weighted by Crippen LogP contribution is -2.37. The third-order valence-electron chi connectivity index (χ3n) is 4.15. The summed E-state index contributed by atoms with van der Waals surface area (Å²) in [5.74, 6) is -1.47. The SMILES string of the molecule is O=C(CN1C(=O)c2ccccc2C1=O)Nc1nc(-c2ccc(Cl)c(Cl)c2)cs1. The van der Waals surface area contributed by atoms with Gasteiger partial charge in [-0.15, -0.1) is 11.3 Å². The third kappa shape index (κ3) is 3.40. The number of rotatable bonds is 4. The second-order valence-electron chi connectivity index (χ2n) is 5.96. The molecule has 4 rings (SSSR count). The van der Waals surface area contributed by atoms with Crippen molar-refractivity contribution in [3.05, 3.63) is 69.0 Å². The summed E-state index contributed by atoms with van der Waals surface area (Å²) in [6, 6.07) is 11.6. The first-order valence-corrected chi connectivity index (χ1v) is 9.73. The van der Waals surface area contributed by atoms with E-state index in [0.29, 0.717) is 32.0 Å². The molecular formula is C19H11Cl2N3O3S. The maximum atomic E-state index is 12.3. The normalized spacial score (nSPS) is 13.0. The van der Waals surface area contributed by atoms with Crippen LogP contribution in [0.15, 0.2) is 47.8 Å². The lowest BCUT2D eigenvalue weighted by molar-refractivity contribution is -0.116. The number of nitrogens with one attached hydrogen (secondary N) is 1. The number of carbonyl (C=O) groups is 3. The summed E-state index contributed by atoms with van der Waals surface area (Å²) < 4.78 is 0. The van der Waals surface area contributed by atoms with Gasteiger partial charge in [-0.25, -0.2) is 4.98 Å². The van der Waals surface area contributed by atoms with Crippen LogP contribution < -0.4 is 5.32 Å². The fraction of sp³-hybridized carbons (Fsp3) is 0.0526. The van der Waals surface area contributed by atoms with Crippen molar-refractivity contribution in [2.75, 3.05) is 11.9 Å². The Kier molecular flexibility index (Phi) is 4.89.